The topological polar surface area (TPSA) is 55.0 Å². The standard InChI is InChI=1S/C9H12N2O2/c1-13-9-6(4-12)2-3-7-8(9)11-5-10-7/h4-6,9H,2-3H2,1H3,(H,10,11). The molecule has 1 aromatic rings. The molecule has 2 unspecified atom stereocenters. The molecule has 0 aliphatic heterocycles. The van der Waals surface area contributed by atoms with Crippen LogP contribution in [0.25, 0.3) is 0 Å². The lowest BCUT2D eigenvalue weighted by atomic mass is 9.88. The summed E-state index contributed by atoms with van der Waals surface area (Å²) < 4.78 is 5.27. The summed E-state index contributed by atoms with van der Waals surface area (Å²) in [5, 5.41) is 0. The molecule has 4 heteroatoms. The number of carbonyl (C=O) groups excluding carboxylic acids is 1. The molecule has 0 saturated carbocycles. The number of hydrogen-bond acceptors (Lipinski definition) is 3. The van der Waals surface area contributed by atoms with Gasteiger partial charge in [0.25, 0.3) is 0 Å². The number of H-pyrrole nitrogens is 1. The van der Waals surface area contributed by atoms with Crippen molar-refractivity contribution in [3.8, 4) is 0 Å². The van der Waals surface area contributed by atoms with E-state index in [-0.39, 0.29) is 12.0 Å². The van der Waals surface area contributed by atoms with Gasteiger partial charge in [0.2, 0.25) is 0 Å². The largest absolute Gasteiger partial charge is 0.374 e. The molecule has 0 aromatic carbocycles. The summed E-state index contributed by atoms with van der Waals surface area (Å²) in [5.74, 6) is -0.0409. The van der Waals surface area contributed by atoms with Crippen LogP contribution in [0.5, 0.6) is 0 Å². The van der Waals surface area contributed by atoms with Crippen molar-refractivity contribution in [3.63, 3.8) is 0 Å². The third kappa shape index (κ3) is 1.27. The third-order valence-electron chi connectivity index (χ3n) is 2.57. The van der Waals surface area contributed by atoms with Crippen molar-refractivity contribution in [1.82, 2.24) is 9.97 Å². The third-order valence-corrected chi connectivity index (χ3v) is 2.57. The Balaban J connectivity index is 2.34. The molecule has 2 rings (SSSR count). The second-order valence-corrected chi connectivity index (χ2v) is 3.26. The molecule has 1 heterocycles. The van der Waals surface area contributed by atoms with Crippen molar-refractivity contribution in [1.29, 1.82) is 0 Å². The molecule has 0 saturated heterocycles. The predicted octanol–water partition coefficient (Wildman–Crippen LogP) is 0.859. The highest BCUT2D eigenvalue weighted by Crippen LogP contribution is 2.33. The van der Waals surface area contributed by atoms with E-state index in [9.17, 15) is 4.79 Å². The fourth-order valence-corrected chi connectivity index (χ4v) is 1.87. The molecule has 70 valence electrons. The number of aromatic amines is 1. The normalized spacial score (nSPS) is 26.8. The number of rotatable bonds is 2. The average molecular weight is 180 g/mol. The number of methoxy groups -OCH3 is 1. The minimum absolute atomic E-state index is 0.0409. The maximum absolute atomic E-state index is 10.7. The van der Waals surface area contributed by atoms with Gasteiger partial charge in [-0.1, -0.05) is 0 Å². The van der Waals surface area contributed by atoms with Gasteiger partial charge in [-0.15, -0.1) is 0 Å². The summed E-state index contributed by atoms with van der Waals surface area (Å²) >= 11 is 0. The Kier molecular flexibility index (Phi) is 2.14. The lowest BCUT2D eigenvalue weighted by Crippen LogP contribution is -2.23. The maximum Gasteiger partial charge on any atom is 0.126 e. The van der Waals surface area contributed by atoms with E-state index in [0.717, 1.165) is 30.5 Å². The van der Waals surface area contributed by atoms with Crippen LogP contribution in [0.3, 0.4) is 0 Å². The van der Waals surface area contributed by atoms with Crippen molar-refractivity contribution in [2.75, 3.05) is 7.11 Å². The number of fused-ring (bicyclic) bond motifs is 1. The summed E-state index contributed by atoms with van der Waals surface area (Å²) in [6.07, 6.45) is 4.19. The highest BCUT2D eigenvalue weighted by atomic mass is 16.5. The zero-order valence-electron chi connectivity index (χ0n) is 7.49. The summed E-state index contributed by atoms with van der Waals surface area (Å²) in [6, 6.07) is 0. The number of aromatic nitrogens is 2. The first-order valence-corrected chi connectivity index (χ1v) is 4.37. The van der Waals surface area contributed by atoms with Gasteiger partial charge >= 0.3 is 0 Å². The van der Waals surface area contributed by atoms with E-state index in [4.69, 9.17) is 4.74 Å². The number of aldehydes is 1. The fraction of sp³-hybridized carbons (Fsp3) is 0.556. The molecule has 2 atom stereocenters. The van der Waals surface area contributed by atoms with Crippen molar-refractivity contribution < 1.29 is 9.53 Å². The molecule has 0 spiro atoms. The molecule has 4 nitrogen and oxygen atoms in total. The first kappa shape index (κ1) is 8.44. The van der Waals surface area contributed by atoms with Gasteiger partial charge in [-0.2, -0.15) is 0 Å². The first-order chi connectivity index (χ1) is 6.36. The van der Waals surface area contributed by atoms with E-state index in [1.807, 2.05) is 0 Å². The maximum atomic E-state index is 10.7. The van der Waals surface area contributed by atoms with Crippen molar-refractivity contribution in [2.45, 2.75) is 18.9 Å². The average Bonchev–Trinajstić information content (AvgIpc) is 2.63. The fourth-order valence-electron chi connectivity index (χ4n) is 1.87. The Morgan fingerprint density at radius 2 is 2.62 bits per heavy atom. The monoisotopic (exact) mass is 180 g/mol. The van der Waals surface area contributed by atoms with E-state index < -0.39 is 0 Å². The smallest absolute Gasteiger partial charge is 0.126 e. The molecule has 1 aliphatic carbocycles. The van der Waals surface area contributed by atoms with Crippen LogP contribution in [0.15, 0.2) is 6.33 Å². The molecule has 0 radical (unpaired) electrons. The number of aryl methyl sites for hydroxylation is 1. The van der Waals surface area contributed by atoms with E-state index in [1.165, 1.54) is 0 Å². The first-order valence-electron chi connectivity index (χ1n) is 4.37. The van der Waals surface area contributed by atoms with Crippen LogP contribution in [0.2, 0.25) is 0 Å². The second-order valence-electron chi connectivity index (χ2n) is 3.26. The van der Waals surface area contributed by atoms with E-state index in [0.29, 0.717) is 0 Å². The van der Waals surface area contributed by atoms with Gasteiger partial charge in [-0.3, -0.25) is 0 Å². The number of carbonyl (C=O) groups is 1. The van der Waals surface area contributed by atoms with Gasteiger partial charge in [0.15, 0.2) is 0 Å². The lowest BCUT2D eigenvalue weighted by Gasteiger charge is -2.25. The van der Waals surface area contributed by atoms with E-state index in [1.54, 1.807) is 13.4 Å². The second kappa shape index (κ2) is 3.30. The summed E-state index contributed by atoms with van der Waals surface area (Å²) in [7, 11) is 1.62. The van der Waals surface area contributed by atoms with Gasteiger partial charge < -0.3 is 14.5 Å². The Bertz CT molecular complexity index is 308. The summed E-state index contributed by atoms with van der Waals surface area (Å²) in [4.78, 5) is 18.0. The molecule has 1 N–H and O–H groups in total. The molecule has 1 aromatic heterocycles. The molecular formula is C9H12N2O2. The highest BCUT2D eigenvalue weighted by molar-refractivity contribution is 5.56. The number of imidazole rings is 1. The number of hydrogen-bond donors (Lipinski definition) is 1. The van der Waals surface area contributed by atoms with Crippen LogP contribution < -0.4 is 0 Å². The Morgan fingerprint density at radius 3 is 3.31 bits per heavy atom. The van der Waals surface area contributed by atoms with Gasteiger partial charge in [-0.05, 0) is 12.8 Å². The van der Waals surface area contributed by atoms with Crippen molar-refractivity contribution >= 4 is 6.29 Å². The number of ether oxygens (including phenoxy) is 1. The Hall–Kier alpha value is -1.16. The van der Waals surface area contributed by atoms with Gasteiger partial charge in [0.1, 0.15) is 12.4 Å². The van der Waals surface area contributed by atoms with Crippen LogP contribution in [-0.4, -0.2) is 23.4 Å². The minimum atomic E-state index is -0.160. The molecule has 0 amide bonds. The molecule has 0 bridgehead atoms. The van der Waals surface area contributed by atoms with Crippen LogP contribution in [0.1, 0.15) is 23.9 Å². The van der Waals surface area contributed by atoms with Crippen LogP contribution in [0, 0.1) is 5.92 Å². The Morgan fingerprint density at radius 1 is 1.77 bits per heavy atom. The van der Waals surface area contributed by atoms with Crippen LogP contribution in [-0.2, 0) is 16.0 Å². The van der Waals surface area contributed by atoms with Crippen molar-refractivity contribution in [3.05, 3.63) is 17.7 Å². The van der Waals surface area contributed by atoms with E-state index in [2.05, 4.69) is 9.97 Å². The molecule has 1 aliphatic rings. The van der Waals surface area contributed by atoms with E-state index >= 15 is 0 Å². The zero-order valence-corrected chi connectivity index (χ0v) is 7.49. The highest BCUT2D eigenvalue weighted by Gasteiger charge is 2.31. The van der Waals surface area contributed by atoms with Crippen LogP contribution >= 0.6 is 0 Å². The van der Waals surface area contributed by atoms with Gasteiger partial charge in [0.05, 0.1) is 12.0 Å². The predicted molar refractivity (Wildman–Crippen MR) is 46.2 cm³/mol. The van der Waals surface area contributed by atoms with Gasteiger partial charge in [0, 0.05) is 18.7 Å². The summed E-state index contributed by atoms with van der Waals surface area (Å²) in [6.45, 7) is 0. The van der Waals surface area contributed by atoms with Crippen LogP contribution in [0.4, 0.5) is 0 Å². The quantitative estimate of drug-likeness (QED) is 0.687. The van der Waals surface area contributed by atoms with Crippen molar-refractivity contribution in [2.24, 2.45) is 5.92 Å². The number of nitrogens with one attached hydrogen (secondary N) is 1. The minimum Gasteiger partial charge on any atom is -0.374 e. The van der Waals surface area contributed by atoms with Gasteiger partial charge in [-0.25, -0.2) is 4.98 Å². The summed E-state index contributed by atoms with van der Waals surface area (Å²) in [5.41, 5.74) is 2.00. The SMILES string of the molecule is COC1c2nc[nH]c2CCC1C=O. The Labute approximate surface area is 76.3 Å². The zero-order chi connectivity index (χ0) is 9.26. The molecule has 0 fully saturated rings. The number of nitrogens with zero attached hydrogens (tertiary/aromatic N) is 1. The molecular weight excluding hydrogens is 168 g/mol. The molecule has 13 heavy (non-hydrogen) atoms. The lowest BCUT2D eigenvalue weighted by molar-refractivity contribution is -0.116.